The lowest BCUT2D eigenvalue weighted by Gasteiger charge is -2.35. The van der Waals surface area contributed by atoms with Crippen LogP contribution in [0.15, 0.2) is 0 Å². The Morgan fingerprint density at radius 1 is 1.00 bits per heavy atom. The first-order chi connectivity index (χ1) is 12.0. The summed E-state index contributed by atoms with van der Waals surface area (Å²) in [6.07, 6.45) is 9.08. The smallest absolute Gasteiger partial charge is 0.317 e. The van der Waals surface area contributed by atoms with Gasteiger partial charge in [-0.05, 0) is 52.6 Å². The molecule has 1 saturated carbocycles. The van der Waals surface area contributed by atoms with Crippen LogP contribution in [0.3, 0.4) is 0 Å². The number of likely N-dealkylation sites (tertiary alicyclic amines) is 1. The fourth-order valence-electron chi connectivity index (χ4n) is 4.39. The zero-order valence-electron chi connectivity index (χ0n) is 16.0. The summed E-state index contributed by atoms with van der Waals surface area (Å²) >= 11 is 0. The maximum Gasteiger partial charge on any atom is 0.317 e. The number of rotatable bonds is 7. The summed E-state index contributed by atoms with van der Waals surface area (Å²) in [6.45, 7) is 5.32. The van der Waals surface area contributed by atoms with Gasteiger partial charge in [0.2, 0.25) is 5.91 Å². The number of carboxylic acids is 1. The van der Waals surface area contributed by atoms with Crippen LogP contribution in [0.1, 0.15) is 58.3 Å². The van der Waals surface area contributed by atoms with Crippen molar-refractivity contribution in [2.24, 2.45) is 0 Å². The summed E-state index contributed by atoms with van der Waals surface area (Å²) in [7, 11) is 1.89. The highest BCUT2D eigenvalue weighted by Crippen LogP contribution is 2.23. The van der Waals surface area contributed by atoms with Gasteiger partial charge in [0.1, 0.15) is 0 Å². The summed E-state index contributed by atoms with van der Waals surface area (Å²) < 4.78 is 0. The van der Waals surface area contributed by atoms with Crippen molar-refractivity contribution in [3.05, 3.63) is 0 Å². The molecule has 0 aromatic carbocycles. The first-order valence-corrected chi connectivity index (χ1v) is 9.95. The number of nitrogens with zero attached hydrogens (tertiary/aromatic N) is 3. The molecular weight excluding hydrogens is 318 g/mol. The van der Waals surface area contributed by atoms with Gasteiger partial charge in [-0.1, -0.05) is 19.3 Å². The van der Waals surface area contributed by atoms with Gasteiger partial charge in [-0.2, -0.15) is 0 Å². The van der Waals surface area contributed by atoms with Gasteiger partial charge in [0.25, 0.3) is 0 Å². The standard InChI is InChI=1S/C19H35N3O3/c1-3-22(17-8-5-4-6-9-17)18(23)14-21-12-7-10-16(11-13-21)20(2)15-19(24)25/h16-17H,3-15H2,1-2H3,(H,24,25). The lowest BCUT2D eigenvalue weighted by molar-refractivity contribution is -0.138. The largest absolute Gasteiger partial charge is 0.480 e. The molecule has 0 aromatic heterocycles. The number of carbonyl (C=O) groups excluding carboxylic acids is 1. The second kappa shape index (κ2) is 10.1. The van der Waals surface area contributed by atoms with E-state index < -0.39 is 5.97 Å². The SMILES string of the molecule is CCN(C(=O)CN1CCCC(N(C)CC(=O)O)CC1)C1CCCCC1. The Morgan fingerprint density at radius 2 is 1.68 bits per heavy atom. The summed E-state index contributed by atoms with van der Waals surface area (Å²) in [5.41, 5.74) is 0. The van der Waals surface area contributed by atoms with Gasteiger partial charge in [-0.25, -0.2) is 0 Å². The summed E-state index contributed by atoms with van der Waals surface area (Å²) in [5, 5.41) is 8.97. The third-order valence-electron chi connectivity index (χ3n) is 5.83. The molecule has 6 nitrogen and oxygen atoms in total. The molecule has 2 rings (SSSR count). The minimum Gasteiger partial charge on any atom is -0.480 e. The lowest BCUT2D eigenvalue weighted by atomic mass is 9.94. The van der Waals surface area contributed by atoms with Crippen molar-refractivity contribution in [1.29, 1.82) is 0 Å². The van der Waals surface area contributed by atoms with E-state index in [1.54, 1.807) is 0 Å². The maximum absolute atomic E-state index is 12.8. The average Bonchev–Trinajstić information content (AvgIpc) is 2.81. The predicted octanol–water partition coefficient (Wildman–Crippen LogP) is 2.04. The molecule has 1 aliphatic heterocycles. The van der Waals surface area contributed by atoms with Crippen molar-refractivity contribution < 1.29 is 14.7 Å². The van der Waals surface area contributed by atoms with Gasteiger partial charge < -0.3 is 10.0 Å². The van der Waals surface area contributed by atoms with Crippen LogP contribution in [0.2, 0.25) is 0 Å². The van der Waals surface area contributed by atoms with Gasteiger partial charge in [-0.15, -0.1) is 0 Å². The monoisotopic (exact) mass is 353 g/mol. The van der Waals surface area contributed by atoms with Crippen molar-refractivity contribution in [3.8, 4) is 0 Å². The molecule has 0 radical (unpaired) electrons. The van der Waals surface area contributed by atoms with Crippen LogP contribution in [-0.2, 0) is 9.59 Å². The molecule has 1 amide bonds. The molecule has 0 aromatic rings. The first-order valence-electron chi connectivity index (χ1n) is 9.95. The second-order valence-corrected chi connectivity index (χ2v) is 7.64. The van der Waals surface area contributed by atoms with E-state index in [9.17, 15) is 9.59 Å². The Morgan fingerprint density at radius 3 is 2.32 bits per heavy atom. The minimum absolute atomic E-state index is 0.0922. The number of carboxylic acid groups (broad SMARTS) is 1. The zero-order valence-corrected chi connectivity index (χ0v) is 16.0. The van der Waals surface area contributed by atoms with E-state index in [0.29, 0.717) is 18.6 Å². The van der Waals surface area contributed by atoms with Crippen LogP contribution in [-0.4, -0.2) is 83.5 Å². The highest BCUT2D eigenvalue weighted by Gasteiger charge is 2.27. The number of carbonyl (C=O) groups is 2. The van der Waals surface area contributed by atoms with Gasteiger partial charge >= 0.3 is 5.97 Å². The number of amides is 1. The molecule has 2 aliphatic rings. The Bertz CT molecular complexity index is 438. The fraction of sp³-hybridized carbons (Fsp3) is 0.895. The molecule has 1 atom stereocenters. The molecule has 144 valence electrons. The van der Waals surface area contributed by atoms with E-state index in [1.807, 2.05) is 11.9 Å². The lowest BCUT2D eigenvalue weighted by Crippen LogP contribution is -2.46. The molecule has 2 fully saturated rings. The average molecular weight is 354 g/mol. The van der Waals surface area contributed by atoms with E-state index in [4.69, 9.17) is 5.11 Å². The maximum atomic E-state index is 12.8. The van der Waals surface area contributed by atoms with Crippen molar-refractivity contribution in [3.63, 3.8) is 0 Å². The topological polar surface area (TPSA) is 64.1 Å². The van der Waals surface area contributed by atoms with E-state index >= 15 is 0 Å². The van der Waals surface area contributed by atoms with Crippen molar-refractivity contribution in [1.82, 2.24) is 14.7 Å². The van der Waals surface area contributed by atoms with Gasteiger partial charge in [0.15, 0.2) is 0 Å². The molecular formula is C19H35N3O3. The van der Waals surface area contributed by atoms with E-state index in [-0.39, 0.29) is 12.5 Å². The van der Waals surface area contributed by atoms with Crippen LogP contribution in [0.5, 0.6) is 0 Å². The first kappa shape index (κ1) is 20.2. The molecule has 1 saturated heterocycles. The van der Waals surface area contributed by atoms with Crippen molar-refractivity contribution in [2.45, 2.75) is 70.4 Å². The fourth-order valence-corrected chi connectivity index (χ4v) is 4.39. The van der Waals surface area contributed by atoms with Crippen LogP contribution in [0.4, 0.5) is 0 Å². The predicted molar refractivity (Wildman–Crippen MR) is 98.6 cm³/mol. The molecule has 1 heterocycles. The molecule has 6 heteroatoms. The third kappa shape index (κ3) is 6.26. The van der Waals surface area contributed by atoms with Crippen molar-refractivity contribution >= 4 is 11.9 Å². The highest BCUT2D eigenvalue weighted by molar-refractivity contribution is 5.78. The Labute approximate surface area is 152 Å². The van der Waals surface area contributed by atoms with E-state index in [0.717, 1.165) is 51.7 Å². The molecule has 25 heavy (non-hydrogen) atoms. The van der Waals surface area contributed by atoms with Crippen LogP contribution in [0.25, 0.3) is 0 Å². The van der Waals surface area contributed by atoms with Gasteiger partial charge in [0, 0.05) is 25.2 Å². The molecule has 0 bridgehead atoms. The quantitative estimate of drug-likeness (QED) is 0.759. The van der Waals surface area contributed by atoms with Crippen LogP contribution >= 0.6 is 0 Å². The summed E-state index contributed by atoms with van der Waals surface area (Å²) in [6, 6.07) is 0.740. The summed E-state index contributed by atoms with van der Waals surface area (Å²) in [5.74, 6) is -0.503. The zero-order chi connectivity index (χ0) is 18.2. The third-order valence-corrected chi connectivity index (χ3v) is 5.83. The highest BCUT2D eigenvalue weighted by atomic mass is 16.4. The number of hydrogen-bond donors (Lipinski definition) is 1. The van der Waals surface area contributed by atoms with Gasteiger partial charge in [-0.3, -0.25) is 19.4 Å². The normalized spacial score (nSPS) is 23.4. The Kier molecular flexibility index (Phi) is 8.16. The second-order valence-electron chi connectivity index (χ2n) is 7.64. The summed E-state index contributed by atoms with van der Waals surface area (Å²) in [4.78, 5) is 30.0. The van der Waals surface area contributed by atoms with Crippen LogP contribution < -0.4 is 0 Å². The number of likely N-dealkylation sites (N-methyl/N-ethyl adjacent to an activating group) is 2. The van der Waals surface area contributed by atoms with E-state index in [2.05, 4.69) is 16.7 Å². The molecule has 1 unspecified atom stereocenters. The number of hydrogen-bond acceptors (Lipinski definition) is 4. The molecule has 1 N–H and O–H groups in total. The molecule has 0 spiro atoms. The van der Waals surface area contributed by atoms with Crippen LogP contribution in [0, 0.1) is 0 Å². The Balaban J connectivity index is 1.83. The minimum atomic E-state index is -0.773. The van der Waals surface area contributed by atoms with E-state index in [1.165, 1.54) is 19.3 Å². The Hall–Kier alpha value is -1.14. The number of aliphatic carboxylic acids is 1. The van der Waals surface area contributed by atoms with Crippen molar-refractivity contribution in [2.75, 3.05) is 39.8 Å². The molecule has 1 aliphatic carbocycles. The van der Waals surface area contributed by atoms with Gasteiger partial charge in [0.05, 0.1) is 13.1 Å².